The summed E-state index contributed by atoms with van der Waals surface area (Å²) in [5.74, 6) is 1.79. The lowest BCUT2D eigenvalue weighted by molar-refractivity contribution is 0.00761. The topological polar surface area (TPSA) is 130 Å². The standard InChI is InChI=1S/C24H28ClN7O4S2/c1-14-6-4-7-16(25)22(14)30-23(33)19-11-26-24(37-19)29-20-10-21(28-15(2)27-20)32-13-17-18(32)12-31(17)8-5-9-36-38(3,34)35/h4,6-7,10-11,17-18H,5,8-9,12-13H2,1-3H3,(H,30,33)(H,26,27,28,29)/t17?,18-/m0/s1. The molecule has 4 heterocycles. The van der Waals surface area contributed by atoms with Crippen molar-refractivity contribution in [3.8, 4) is 0 Å². The molecule has 2 N–H and O–H groups in total. The van der Waals surface area contributed by atoms with Gasteiger partial charge in [-0.15, -0.1) is 0 Å². The van der Waals surface area contributed by atoms with E-state index >= 15 is 0 Å². The Labute approximate surface area is 230 Å². The average molecular weight is 578 g/mol. The zero-order valence-electron chi connectivity index (χ0n) is 21.1. The van der Waals surface area contributed by atoms with Crippen molar-refractivity contribution in [1.29, 1.82) is 0 Å². The van der Waals surface area contributed by atoms with E-state index in [1.54, 1.807) is 6.07 Å². The molecule has 0 aliphatic carbocycles. The van der Waals surface area contributed by atoms with Gasteiger partial charge in [0.1, 0.15) is 22.3 Å². The molecule has 0 radical (unpaired) electrons. The molecule has 202 valence electrons. The van der Waals surface area contributed by atoms with E-state index in [9.17, 15) is 13.2 Å². The van der Waals surface area contributed by atoms with E-state index in [0.717, 1.165) is 37.3 Å². The monoisotopic (exact) mass is 577 g/mol. The maximum Gasteiger partial charge on any atom is 0.267 e. The second-order valence-electron chi connectivity index (χ2n) is 9.36. The molecule has 14 heteroatoms. The lowest BCUT2D eigenvalue weighted by Gasteiger charge is -2.62. The molecule has 1 unspecified atom stereocenters. The van der Waals surface area contributed by atoms with Crippen LogP contribution in [0, 0.1) is 13.8 Å². The van der Waals surface area contributed by atoms with Gasteiger partial charge < -0.3 is 15.5 Å². The van der Waals surface area contributed by atoms with E-state index in [-0.39, 0.29) is 12.5 Å². The highest BCUT2D eigenvalue weighted by molar-refractivity contribution is 7.85. The van der Waals surface area contributed by atoms with Crippen molar-refractivity contribution < 1.29 is 17.4 Å². The zero-order chi connectivity index (χ0) is 27.0. The fraction of sp³-hybridized carbons (Fsp3) is 0.417. The minimum atomic E-state index is -3.39. The number of hydrogen-bond acceptors (Lipinski definition) is 11. The highest BCUT2D eigenvalue weighted by atomic mass is 35.5. The highest BCUT2D eigenvalue weighted by Gasteiger charge is 2.51. The van der Waals surface area contributed by atoms with E-state index in [4.69, 9.17) is 15.8 Å². The summed E-state index contributed by atoms with van der Waals surface area (Å²) in [7, 11) is -3.39. The van der Waals surface area contributed by atoms with Crippen LogP contribution in [0.15, 0.2) is 30.5 Å². The number of likely N-dealkylation sites (tertiary alicyclic amines) is 1. The average Bonchev–Trinajstić information content (AvgIpc) is 3.29. The Morgan fingerprint density at radius 2 is 2.05 bits per heavy atom. The summed E-state index contributed by atoms with van der Waals surface area (Å²) in [5, 5.41) is 7.09. The number of amides is 1. The van der Waals surface area contributed by atoms with Gasteiger partial charge in [0.05, 0.1) is 35.8 Å². The molecule has 3 aromatic rings. The van der Waals surface area contributed by atoms with Gasteiger partial charge in [-0.2, -0.15) is 8.42 Å². The Hall–Kier alpha value is -2.84. The number of carbonyl (C=O) groups excluding carboxylic acids is 1. The number of halogens is 1. The first kappa shape index (κ1) is 26.8. The number of carbonyl (C=O) groups is 1. The van der Waals surface area contributed by atoms with Crippen LogP contribution in [0.5, 0.6) is 0 Å². The minimum Gasteiger partial charge on any atom is -0.349 e. The van der Waals surface area contributed by atoms with Crippen molar-refractivity contribution in [2.24, 2.45) is 0 Å². The first-order chi connectivity index (χ1) is 18.1. The Morgan fingerprint density at radius 1 is 1.24 bits per heavy atom. The number of hydrogen-bond donors (Lipinski definition) is 2. The fourth-order valence-electron chi connectivity index (χ4n) is 4.62. The van der Waals surface area contributed by atoms with Crippen molar-refractivity contribution in [2.75, 3.05) is 48.0 Å². The number of para-hydroxylation sites is 1. The predicted molar refractivity (Wildman–Crippen MR) is 148 cm³/mol. The van der Waals surface area contributed by atoms with Crippen LogP contribution in [0.3, 0.4) is 0 Å². The third-order valence-electron chi connectivity index (χ3n) is 6.55. The van der Waals surface area contributed by atoms with Gasteiger partial charge in [-0.05, 0) is 31.9 Å². The number of nitrogens with zero attached hydrogens (tertiary/aromatic N) is 5. The van der Waals surface area contributed by atoms with Crippen LogP contribution in [-0.2, 0) is 14.3 Å². The normalized spacial score (nSPS) is 18.9. The van der Waals surface area contributed by atoms with Gasteiger partial charge >= 0.3 is 0 Å². The van der Waals surface area contributed by atoms with Crippen molar-refractivity contribution in [2.45, 2.75) is 32.4 Å². The predicted octanol–water partition coefficient (Wildman–Crippen LogP) is 3.44. The molecule has 0 saturated carbocycles. The maximum atomic E-state index is 12.8. The quantitative estimate of drug-likeness (QED) is 0.273. The molecule has 2 aliphatic rings. The van der Waals surface area contributed by atoms with Gasteiger partial charge in [-0.3, -0.25) is 13.9 Å². The molecule has 0 spiro atoms. The van der Waals surface area contributed by atoms with Gasteiger partial charge in [0.2, 0.25) is 0 Å². The van der Waals surface area contributed by atoms with Crippen molar-refractivity contribution in [3.05, 3.63) is 51.7 Å². The van der Waals surface area contributed by atoms with Crippen LogP contribution in [0.1, 0.15) is 27.5 Å². The Kier molecular flexibility index (Phi) is 7.56. The third kappa shape index (κ3) is 5.91. The first-order valence-corrected chi connectivity index (χ1v) is 15.1. The largest absolute Gasteiger partial charge is 0.349 e. The second kappa shape index (κ2) is 10.7. The van der Waals surface area contributed by atoms with Crippen molar-refractivity contribution >= 4 is 61.4 Å². The molecule has 38 heavy (non-hydrogen) atoms. The zero-order valence-corrected chi connectivity index (χ0v) is 23.5. The highest BCUT2D eigenvalue weighted by Crippen LogP contribution is 2.37. The molecule has 11 nitrogen and oxygen atoms in total. The van der Waals surface area contributed by atoms with Crippen LogP contribution in [0.4, 0.5) is 22.5 Å². The lowest BCUT2D eigenvalue weighted by atomic mass is 9.85. The summed E-state index contributed by atoms with van der Waals surface area (Å²) in [6.07, 6.45) is 3.26. The van der Waals surface area contributed by atoms with E-state index in [2.05, 4.69) is 35.4 Å². The van der Waals surface area contributed by atoms with Crippen LogP contribution in [0.2, 0.25) is 5.02 Å². The summed E-state index contributed by atoms with van der Waals surface area (Å²) in [5.41, 5.74) is 1.46. The smallest absolute Gasteiger partial charge is 0.267 e. The summed E-state index contributed by atoms with van der Waals surface area (Å²) in [4.78, 5) is 31.2. The summed E-state index contributed by atoms with van der Waals surface area (Å²) < 4.78 is 27.0. The summed E-state index contributed by atoms with van der Waals surface area (Å²) in [6.45, 7) is 6.47. The van der Waals surface area contributed by atoms with E-state index < -0.39 is 10.1 Å². The molecule has 5 rings (SSSR count). The number of piperazine rings is 1. The lowest BCUT2D eigenvalue weighted by Crippen LogP contribution is -2.79. The number of fused-ring (bicyclic) bond motifs is 1. The number of aromatic nitrogens is 3. The van der Waals surface area contributed by atoms with Gasteiger partial charge in [-0.1, -0.05) is 35.1 Å². The van der Waals surface area contributed by atoms with Crippen molar-refractivity contribution in [3.63, 3.8) is 0 Å². The van der Waals surface area contributed by atoms with Crippen LogP contribution < -0.4 is 15.5 Å². The van der Waals surface area contributed by atoms with E-state index in [0.29, 0.717) is 50.9 Å². The van der Waals surface area contributed by atoms with Crippen LogP contribution in [-0.4, -0.2) is 78.8 Å². The van der Waals surface area contributed by atoms with Gasteiger partial charge in [0.15, 0.2) is 5.13 Å². The number of thiazole rings is 1. The Balaban J connectivity index is 1.17. The van der Waals surface area contributed by atoms with Crippen molar-refractivity contribution in [1.82, 2.24) is 19.9 Å². The van der Waals surface area contributed by atoms with Crippen LogP contribution >= 0.6 is 22.9 Å². The SMILES string of the molecule is Cc1nc(Nc2ncc(C(=O)Nc3c(C)cccc3Cl)s2)cc(N2CC3[C@@H]2CN3CCCOS(C)(=O)=O)n1. The molecule has 2 aromatic heterocycles. The first-order valence-electron chi connectivity index (χ1n) is 12.1. The number of benzene rings is 1. The molecule has 2 aliphatic heterocycles. The molecular weight excluding hydrogens is 550 g/mol. The fourth-order valence-corrected chi connectivity index (χ4v) is 6.03. The molecule has 2 atom stereocenters. The number of aryl methyl sites for hydroxylation is 2. The van der Waals surface area contributed by atoms with E-state index in [1.807, 2.05) is 32.0 Å². The van der Waals surface area contributed by atoms with Gasteiger partial charge in [0.25, 0.3) is 16.0 Å². The minimum absolute atomic E-state index is 0.205. The molecule has 2 fully saturated rings. The molecule has 0 bridgehead atoms. The maximum absolute atomic E-state index is 12.8. The summed E-state index contributed by atoms with van der Waals surface area (Å²) in [6, 6.07) is 8.14. The Morgan fingerprint density at radius 3 is 2.76 bits per heavy atom. The number of anilines is 4. The molecular formula is C24H28ClN7O4S2. The van der Waals surface area contributed by atoms with Gasteiger partial charge in [-0.25, -0.2) is 15.0 Å². The Bertz CT molecular complexity index is 1450. The van der Waals surface area contributed by atoms with Gasteiger partial charge in [0, 0.05) is 31.7 Å². The van der Waals surface area contributed by atoms with Crippen LogP contribution in [0.25, 0.3) is 0 Å². The molecule has 2 saturated heterocycles. The second-order valence-corrected chi connectivity index (χ2v) is 12.4. The number of rotatable bonds is 10. The molecule has 1 aromatic carbocycles. The molecule has 1 amide bonds. The third-order valence-corrected chi connectivity index (χ3v) is 8.37. The van der Waals surface area contributed by atoms with E-state index in [1.165, 1.54) is 17.5 Å². The number of nitrogens with one attached hydrogen (secondary N) is 2. The summed E-state index contributed by atoms with van der Waals surface area (Å²) >= 11 is 7.46.